The van der Waals surface area contributed by atoms with E-state index in [0.29, 0.717) is 0 Å². The van der Waals surface area contributed by atoms with E-state index in [-0.39, 0.29) is 5.54 Å². The van der Waals surface area contributed by atoms with Gasteiger partial charge in [-0.2, -0.15) is 0 Å². The van der Waals surface area contributed by atoms with E-state index in [9.17, 15) is 0 Å². The van der Waals surface area contributed by atoms with Crippen LogP contribution in [-0.4, -0.2) is 20.1 Å². The second kappa shape index (κ2) is 6.51. The van der Waals surface area contributed by atoms with Gasteiger partial charge in [0.2, 0.25) is 0 Å². The summed E-state index contributed by atoms with van der Waals surface area (Å²) in [5.41, 5.74) is 7.14. The third-order valence-corrected chi connectivity index (χ3v) is 4.82. The lowest BCUT2D eigenvalue weighted by Gasteiger charge is -2.22. The highest BCUT2D eigenvalue weighted by atomic mass is 16.5. The van der Waals surface area contributed by atoms with Crippen LogP contribution >= 0.6 is 0 Å². The molecule has 0 amide bonds. The number of fused-ring (bicyclic) bond motifs is 1. The average Bonchev–Trinajstić information content (AvgIpc) is 3.15. The minimum absolute atomic E-state index is 0.0783. The first-order valence-electron chi connectivity index (χ1n) is 9.54. The Labute approximate surface area is 165 Å². The summed E-state index contributed by atoms with van der Waals surface area (Å²) < 4.78 is 7.45. The van der Waals surface area contributed by atoms with Crippen molar-refractivity contribution in [3.8, 4) is 22.4 Å². The van der Waals surface area contributed by atoms with E-state index in [1.54, 1.807) is 0 Å². The quantitative estimate of drug-likeness (QED) is 0.493. The minimum Gasteiger partial charge on any atom is -0.365 e. The van der Waals surface area contributed by atoms with Crippen LogP contribution in [0.4, 0.5) is 5.82 Å². The molecule has 0 bridgehead atoms. The summed E-state index contributed by atoms with van der Waals surface area (Å²) in [5, 5.41) is 7.70. The van der Waals surface area contributed by atoms with Crippen molar-refractivity contribution >= 4 is 11.5 Å². The van der Waals surface area contributed by atoms with Gasteiger partial charge in [-0.15, -0.1) is 0 Å². The molecule has 0 radical (unpaired) electrons. The molecular formula is C23H26N4O. The highest BCUT2D eigenvalue weighted by Crippen LogP contribution is 2.34. The number of hydrogen-bond donors (Lipinski definition) is 1. The lowest BCUT2D eigenvalue weighted by atomic mass is 10.0. The summed E-state index contributed by atoms with van der Waals surface area (Å²) in [4.78, 5) is 4.96. The van der Waals surface area contributed by atoms with E-state index in [0.717, 1.165) is 50.9 Å². The van der Waals surface area contributed by atoms with Gasteiger partial charge in [-0.05, 0) is 58.7 Å². The molecule has 5 nitrogen and oxygen atoms in total. The summed E-state index contributed by atoms with van der Waals surface area (Å²) in [5.74, 6) is 1.85. The topological polar surface area (TPSA) is 55.4 Å². The third-order valence-electron chi connectivity index (χ3n) is 4.82. The predicted molar refractivity (Wildman–Crippen MR) is 114 cm³/mol. The van der Waals surface area contributed by atoms with Crippen LogP contribution in [0.3, 0.4) is 0 Å². The maximum Gasteiger partial charge on any atom is 0.142 e. The number of hydrogen-bond acceptors (Lipinski definition) is 4. The Morgan fingerprint density at radius 2 is 1.64 bits per heavy atom. The normalized spacial score (nSPS) is 11.9. The van der Waals surface area contributed by atoms with Crippen LogP contribution < -0.4 is 5.32 Å². The maximum atomic E-state index is 5.32. The standard InChI is InChI=1S/C23H26N4O/c1-14-8-7-13-27-21(14)24-20(22(27)25-23(4,5)6)18-11-9-17(10-12-18)19-15(2)26-28-16(19)3/h7-13,25H,1-6H3. The average molecular weight is 374 g/mol. The first kappa shape index (κ1) is 18.3. The van der Waals surface area contributed by atoms with Crippen LogP contribution in [0.25, 0.3) is 28.0 Å². The highest BCUT2D eigenvalue weighted by Gasteiger charge is 2.20. The van der Waals surface area contributed by atoms with Crippen molar-refractivity contribution in [2.75, 3.05) is 5.32 Å². The van der Waals surface area contributed by atoms with Crippen LogP contribution in [-0.2, 0) is 0 Å². The fraction of sp³-hybridized carbons (Fsp3) is 0.304. The van der Waals surface area contributed by atoms with E-state index < -0.39 is 0 Å². The van der Waals surface area contributed by atoms with Gasteiger partial charge in [0.1, 0.15) is 22.9 Å². The molecule has 3 heterocycles. The highest BCUT2D eigenvalue weighted by molar-refractivity contribution is 5.80. The van der Waals surface area contributed by atoms with Crippen molar-refractivity contribution < 1.29 is 4.52 Å². The number of anilines is 1. The van der Waals surface area contributed by atoms with Gasteiger partial charge in [-0.3, -0.25) is 4.40 Å². The molecule has 0 unspecified atom stereocenters. The fourth-order valence-corrected chi connectivity index (χ4v) is 3.57. The van der Waals surface area contributed by atoms with E-state index in [4.69, 9.17) is 9.51 Å². The van der Waals surface area contributed by atoms with Crippen LogP contribution in [0.2, 0.25) is 0 Å². The third kappa shape index (κ3) is 3.17. The zero-order valence-electron chi connectivity index (χ0n) is 17.3. The van der Waals surface area contributed by atoms with Crippen molar-refractivity contribution in [2.24, 2.45) is 0 Å². The largest absolute Gasteiger partial charge is 0.365 e. The number of aryl methyl sites for hydroxylation is 3. The van der Waals surface area contributed by atoms with Crippen LogP contribution in [0.5, 0.6) is 0 Å². The lowest BCUT2D eigenvalue weighted by molar-refractivity contribution is 0.393. The van der Waals surface area contributed by atoms with Crippen LogP contribution in [0.15, 0.2) is 47.1 Å². The molecule has 0 aliphatic carbocycles. The molecule has 3 aromatic heterocycles. The molecule has 144 valence electrons. The minimum atomic E-state index is -0.0783. The molecule has 1 N–H and O–H groups in total. The number of rotatable bonds is 3. The second-order valence-corrected chi connectivity index (χ2v) is 8.35. The van der Waals surface area contributed by atoms with E-state index >= 15 is 0 Å². The van der Waals surface area contributed by atoms with E-state index in [2.05, 4.69) is 85.2 Å². The van der Waals surface area contributed by atoms with Gasteiger partial charge in [0, 0.05) is 22.9 Å². The van der Waals surface area contributed by atoms with Crippen LogP contribution in [0.1, 0.15) is 37.8 Å². The SMILES string of the molecule is Cc1noc(C)c1-c1ccc(-c2nc3c(C)cccn3c2NC(C)(C)C)cc1. The van der Waals surface area contributed by atoms with Crippen molar-refractivity contribution in [2.45, 2.75) is 47.1 Å². The molecule has 0 atom stereocenters. The molecule has 0 aliphatic rings. The Morgan fingerprint density at radius 1 is 0.964 bits per heavy atom. The molecular weight excluding hydrogens is 348 g/mol. The predicted octanol–water partition coefficient (Wildman–Crippen LogP) is 5.79. The Hall–Kier alpha value is -3.08. The summed E-state index contributed by atoms with van der Waals surface area (Å²) in [6.45, 7) is 12.5. The number of nitrogens with one attached hydrogen (secondary N) is 1. The number of pyridine rings is 1. The Morgan fingerprint density at radius 3 is 2.25 bits per heavy atom. The second-order valence-electron chi connectivity index (χ2n) is 8.35. The van der Waals surface area contributed by atoms with Gasteiger partial charge in [-0.25, -0.2) is 4.98 Å². The molecule has 0 saturated carbocycles. The zero-order chi connectivity index (χ0) is 20.1. The Bertz CT molecular complexity index is 1120. The number of benzene rings is 1. The summed E-state index contributed by atoms with van der Waals surface area (Å²) >= 11 is 0. The molecule has 0 saturated heterocycles. The molecule has 0 spiro atoms. The smallest absolute Gasteiger partial charge is 0.142 e. The van der Waals surface area contributed by atoms with E-state index in [1.807, 2.05) is 13.8 Å². The van der Waals surface area contributed by atoms with Crippen LogP contribution in [0, 0.1) is 20.8 Å². The van der Waals surface area contributed by atoms with Gasteiger partial charge in [0.25, 0.3) is 0 Å². The van der Waals surface area contributed by atoms with Crippen molar-refractivity contribution in [1.29, 1.82) is 0 Å². The van der Waals surface area contributed by atoms with Crippen molar-refractivity contribution in [1.82, 2.24) is 14.5 Å². The summed E-state index contributed by atoms with van der Waals surface area (Å²) in [6.07, 6.45) is 2.06. The number of aromatic nitrogens is 3. The first-order valence-corrected chi connectivity index (χ1v) is 9.54. The summed E-state index contributed by atoms with van der Waals surface area (Å²) in [6, 6.07) is 12.6. The van der Waals surface area contributed by atoms with Crippen molar-refractivity contribution in [3.63, 3.8) is 0 Å². The summed E-state index contributed by atoms with van der Waals surface area (Å²) in [7, 11) is 0. The molecule has 1 aromatic carbocycles. The molecule has 4 aromatic rings. The van der Waals surface area contributed by atoms with Gasteiger partial charge >= 0.3 is 0 Å². The van der Waals surface area contributed by atoms with Gasteiger partial charge in [0.05, 0.1) is 5.69 Å². The lowest BCUT2D eigenvalue weighted by Crippen LogP contribution is -2.27. The number of imidazole rings is 1. The van der Waals surface area contributed by atoms with E-state index in [1.165, 1.54) is 0 Å². The Kier molecular flexibility index (Phi) is 4.26. The van der Waals surface area contributed by atoms with Gasteiger partial charge in [-0.1, -0.05) is 35.5 Å². The molecule has 0 fully saturated rings. The Balaban J connectivity index is 1.85. The molecule has 4 rings (SSSR count). The number of nitrogens with zero attached hydrogens (tertiary/aromatic N) is 3. The molecule has 28 heavy (non-hydrogen) atoms. The van der Waals surface area contributed by atoms with Gasteiger partial charge in [0.15, 0.2) is 0 Å². The molecule has 5 heteroatoms. The van der Waals surface area contributed by atoms with Crippen molar-refractivity contribution in [3.05, 3.63) is 59.6 Å². The first-order chi connectivity index (χ1) is 13.2. The molecule has 0 aliphatic heterocycles. The maximum absolute atomic E-state index is 5.32. The van der Waals surface area contributed by atoms with Gasteiger partial charge < -0.3 is 9.84 Å². The monoisotopic (exact) mass is 374 g/mol. The fourth-order valence-electron chi connectivity index (χ4n) is 3.57. The zero-order valence-corrected chi connectivity index (χ0v) is 17.3.